The largest absolute Gasteiger partial charge is 0.497 e. The highest BCUT2D eigenvalue weighted by Crippen LogP contribution is 2.32. The zero-order valence-corrected chi connectivity index (χ0v) is 16.3. The van der Waals surface area contributed by atoms with E-state index in [1.165, 1.54) is 6.42 Å². The molecule has 2 fully saturated rings. The second-order valence-corrected chi connectivity index (χ2v) is 7.59. The summed E-state index contributed by atoms with van der Waals surface area (Å²) in [6.07, 6.45) is 7.58. The monoisotopic (exact) mass is 373 g/mol. The number of hydrogen-bond donors (Lipinski definition) is 2. The first-order chi connectivity index (χ1) is 13.1. The van der Waals surface area contributed by atoms with E-state index in [0.717, 1.165) is 56.5 Å². The number of piperidine rings is 1. The molecule has 0 unspecified atom stereocenters. The van der Waals surface area contributed by atoms with E-state index < -0.39 is 5.54 Å². The molecule has 0 atom stereocenters. The lowest BCUT2D eigenvalue weighted by Gasteiger charge is -2.38. The van der Waals surface area contributed by atoms with Crippen molar-refractivity contribution in [3.8, 4) is 5.75 Å². The van der Waals surface area contributed by atoms with Gasteiger partial charge in [-0.15, -0.1) is 0 Å². The average molecular weight is 373 g/mol. The van der Waals surface area contributed by atoms with E-state index >= 15 is 0 Å². The summed E-state index contributed by atoms with van der Waals surface area (Å²) in [5.41, 5.74) is 0.359. The molecule has 0 aromatic heterocycles. The van der Waals surface area contributed by atoms with Gasteiger partial charge in [0.1, 0.15) is 11.3 Å². The summed E-state index contributed by atoms with van der Waals surface area (Å²) in [6.45, 7) is 1.92. The summed E-state index contributed by atoms with van der Waals surface area (Å²) in [5, 5.41) is 6.58. The van der Waals surface area contributed by atoms with Crippen LogP contribution in [0, 0.1) is 0 Å². The van der Waals surface area contributed by atoms with Crippen molar-refractivity contribution in [2.24, 2.45) is 0 Å². The Hall–Kier alpha value is -2.24. The first kappa shape index (κ1) is 19.5. The van der Waals surface area contributed by atoms with Crippen LogP contribution in [0.5, 0.6) is 5.75 Å². The molecule has 1 aliphatic heterocycles. The van der Waals surface area contributed by atoms with Gasteiger partial charge in [0.2, 0.25) is 11.8 Å². The molecule has 148 valence electrons. The summed E-state index contributed by atoms with van der Waals surface area (Å²) in [7, 11) is 1.64. The van der Waals surface area contributed by atoms with Crippen molar-refractivity contribution in [1.82, 2.24) is 10.2 Å². The molecule has 1 aromatic rings. The van der Waals surface area contributed by atoms with E-state index in [0.29, 0.717) is 19.5 Å². The third-order valence-electron chi connectivity index (χ3n) is 5.70. The van der Waals surface area contributed by atoms with Gasteiger partial charge >= 0.3 is 0 Å². The third-order valence-corrected chi connectivity index (χ3v) is 5.70. The van der Waals surface area contributed by atoms with Crippen LogP contribution in [-0.4, -0.2) is 49.0 Å². The predicted molar refractivity (Wildman–Crippen MR) is 106 cm³/mol. The normalized spacial score (nSPS) is 19.4. The topological polar surface area (TPSA) is 70.7 Å². The Bertz CT molecular complexity index is 639. The molecule has 1 aromatic carbocycles. The molecule has 1 saturated carbocycles. The van der Waals surface area contributed by atoms with Crippen molar-refractivity contribution in [1.29, 1.82) is 0 Å². The number of methoxy groups -OCH3 is 1. The van der Waals surface area contributed by atoms with Gasteiger partial charge in [-0.05, 0) is 49.9 Å². The maximum atomic E-state index is 13.1. The van der Waals surface area contributed by atoms with Gasteiger partial charge in [0, 0.05) is 31.7 Å². The molecular formula is C21H31N3O3. The lowest BCUT2D eigenvalue weighted by atomic mass is 9.80. The van der Waals surface area contributed by atoms with Crippen LogP contribution in [0.1, 0.15) is 51.4 Å². The average Bonchev–Trinajstić information content (AvgIpc) is 2.70. The minimum absolute atomic E-state index is 0.0440. The van der Waals surface area contributed by atoms with Crippen molar-refractivity contribution >= 4 is 17.5 Å². The number of carbonyl (C=O) groups excluding carboxylic acids is 2. The number of anilines is 1. The molecule has 27 heavy (non-hydrogen) atoms. The van der Waals surface area contributed by atoms with Gasteiger partial charge in [-0.3, -0.25) is 9.59 Å². The minimum Gasteiger partial charge on any atom is -0.497 e. The second kappa shape index (κ2) is 9.11. The van der Waals surface area contributed by atoms with Crippen molar-refractivity contribution in [3.05, 3.63) is 24.3 Å². The van der Waals surface area contributed by atoms with Gasteiger partial charge < -0.3 is 20.3 Å². The SMILES string of the molecule is COc1ccc(NC2(C(=O)NCCN3CCCCC3=O)CCCCC2)cc1. The molecule has 2 amide bonds. The number of nitrogens with zero attached hydrogens (tertiary/aromatic N) is 1. The molecule has 3 rings (SSSR count). The lowest BCUT2D eigenvalue weighted by molar-refractivity contribution is -0.134. The molecule has 1 heterocycles. The van der Waals surface area contributed by atoms with E-state index in [2.05, 4.69) is 10.6 Å². The van der Waals surface area contributed by atoms with E-state index in [9.17, 15) is 9.59 Å². The number of hydrogen-bond acceptors (Lipinski definition) is 4. The molecule has 0 radical (unpaired) electrons. The van der Waals surface area contributed by atoms with Crippen molar-refractivity contribution in [3.63, 3.8) is 0 Å². The summed E-state index contributed by atoms with van der Waals surface area (Å²) >= 11 is 0. The van der Waals surface area contributed by atoms with Gasteiger partial charge in [-0.1, -0.05) is 19.3 Å². The van der Waals surface area contributed by atoms with Crippen LogP contribution >= 0.6 is 0 Å². The Morgan fingerprint density at radius 2 is 1.85 bits per heavy atom. The Morgan fingerprint density at radius 1 is 1.11 bits per heavy atom. The van der Waals surface area contributed by atoms with Crippen LogP contribution in [0.3, 0.4) is 0 Å². The maximum Gasteiger partial charge on any atom is 0.245 e. The number of benzene rings is 1. The van der Waals surface area contributed by atoms with Crippen LogP contribution in [0.15, 0.2) is 24.3 Å². The molecular weight excluding hydrogens is 342 g/mol. The standard InChI is InChI=1S/C21H31N3O3/c1-27-18-10-8-17(9-11-18)23-21(12-4-2-5-13-21)20(26)22-14-16-24-15-6-3-7-19(24)25/h8-11,23H,2-7,12-16H2,1H3,(H,22,26). The number of ether oxygens (including phenoxy) is 1. The minimum atomic E-state index is -0.571. The number of amides is 2. The van der Waals surface area contributed by atoms with Crippen LogP contribution in [0.4, 0.5) is 5.69 Å². The van der Waals surface area contributed by atoms with Gasteiger partial charge in [0.05, 0.1) is 7.11 Å². The molecule has 1 saturated heterocycles. The van der Waals surface area contributed by atoms with Crippen molar-refractivity contribution in [2.75, 3.05) is 32.1 Å². The first-order valence-corrected chi connectivity index (χ1v) is 10.1. The highest BCUT2D eigenvalue weighted by molar-refractivity contribution is 5.89. The molecule has 6 heteroatoms. The summed E-state index contributed by atoms with van der Waals surface area (Å²) in [5.74, 6) is 1.05. The third kappa shape index (κ3) is 4.93. The Labute approximate surface area is 161 Å². The Balaban J connectivity index is 1.60. The van der Waals surface area contributed by atoms with Crippen molar-refractivity contribution in [2.45, 2.75) is 56.9 Å². The number of likely N-dealkylation sites (tertiary alicyclic amines) is 1. The van der Waals surface area contributed by atoms with Gasteiger partial charge in [-0.25, -0.2) is 0 Å². The number of rotatable bonds is 7. The fourth-order valence-electron chi connectivity index (χ4n) is 4.09. The van der Waals surface area contributed by atoms with E-state index in [1.54, 1.807) is 7.11 Å². The summed E-state index contributed by atoms with van der Waals surface area (Å²) in [4.78, 5) is 26.9. The van der Waals surface area contributed by atoms with Gasteiger partial charge in [0.15, 0.2) is 0 Å². The van der Waals surface area contributed by atoms with Crippen LogP contribution in [-0.2, 0) is 9.59 Å². The first-order valence-electron chi connectivity index (χ1n) is 10.1. The highest BCUT2D eigenvalue weighted by atomic mass is 16.5. The maximum absolute atomic E-state index is 13.1. The molecule has 0 spiro atoms. The van der Waals surface area contributed by atoms with Gasteiger partial charge in [-0.2, -0.15) is 0 Å². The fourth-order valence-corrected chi connectivity index (χ4v) is 4.09. The Morgan fingerprint density at radius 3 is 2.52 bits per heavy atom. The summed E-state index contributed by atoms with van der Waals surface area (Å²) in [6, 6.07) is 7.71. The molecule has 1 aliphatic carbocycles. The van der Waals surface area contributed by atoms with Crippen LogP contribution in [0.25, 0.3) is 0 Å². The molecule has 6 nitrogen and oxygen atoms in total. The summed E-state index contributed by atoms with van der Waals surface area (Å²) < 4.78 is 5.21. The quantitative estimate of drug-likeness (QED) is 0.771. The molecule has 2 N–H and O–H groups in total. The van der Waals surface area contributed by atoms with E-state index in [4.69, 9.17) is 4.74 Å². The van der Waals surface area contributed by atoms with Gasteiger partial charge in [0.25, 0.3) is 0 Å². The zero-order valence-electron chi connectivity index (χ0n) is 16.3. The second-order valence-electron chi connectivity index (χ2n) is 7.59. The van der Waals surface area contributed by atoms with E-state index in [-0.39, 0.29) is 11.8 Å². The lowest BCUT2D eigenvalue weighted by Crippen LogP contribution is -2.55. The zero-order chi connectivity index (χ0) is 19.1. The fraction of sp³-hybridized carbons (Fsp3) is 0.619. The number of nitrogens with one attached hydrogen (secondary N) is 2. The molecule has 0 bridgehead atoms. The number of carbonyl (C=O) groups is 2. The van der Waals surface area contributed by atoms with Crippen LogP contribution in [0.2, 0.25) is 0 Å². The van der Waals surface area contributed by atoms with E-state index in [1.807, 2.05) is 29.2 Å². The molecule has 2 aliphatic rings. The van der Waals surface area contributed by atoms with Crippen molar-refractivity contribution < 1.29 is 14.3 Å². The smallest absolute Gasteiger partial charge is 0.245 e. The highest BCUT2D eigenvalue weighted by Gasteiger charge is 2.39. The predicted octanol–water partition coefficient (Wildman–Crippen LogP) is 2.94. The Kier molecular flexibility index (Phi) is 6.58. The van der Waals surface area contributed by atoms with Crippen LogP contribution < -0.4 is 15.4 Å².